The van der Waals surface area contributed by atoms with E-state index in [4.69, 9.17) is 9.72 Å². The van der Waals surface area contributed by atoms with Crippen LogP contribution in [-0.4, -0.2) is 32.8 Å². The fourth-order valence-corrected chi connectivity index (χ4v) is 4.93. The Morgan fingerprint density at radius 3 is 2.75 bits per heavy atom. The number of hydrazone groups is 1. The van der Waals surface area contributed by atoms with E-state index in [1.54, 1.807) is 42.9 Å². The molecular formula is C23H19N5O2S2. The summed E-state index contributed by atoms with van der Waals surface area (Å²) >= 11 is 3.01. The van der Waals surface area contributed by atoms with Crippen LogP contribution in [0.4, 0.5) is 5.13 Å². The Bertz CT molecular complexity index is 1420. The minimum Gasteiger partial charge on any atom is -0.507 e. The number of benzene rings is 2. The van der Waals surface area contributed by atoms with Crippen LogP contribution in [0.3, 0.4) is 0 Å². The second kappa shape index (κ2) is 8.45. The lowest BCUT2D eigenvalue weighted by Crippen LogP contribution is -1.97. The molecule has 0 spiro atoms. The highest BCUT2D eigenvalue weighted by Gasteiger charge is 2.15. The minimum absolute atomic E-state index is 0.147. The van der Waals surface area contributed by atoms with Crippen LogP contribution in [0.2, 0.25) is 0 Å². The number of aromatic nitrogens is 3. The molecule has 0 fully saturated rings. The van der Waals surface area contributed by atoms with E-state index in [1.165, 1.54) is 11.3 Å². The molecule has 5 aromatic rings. The second-order valence-corrected chi connectivity index (χ2v) is 8.69. The summed E-state index contributed by atoms with van der Waals surface area (Å²) in [7, 11) is 1.59. The Balaban J connectivity index is 1.44. The lowest BCUT2D eigenvalue weighted by Gasteiger charge is -2.04. The molecule has 0 saturated heterocycles. The molecule has 2 aromatic carbocycles. The first kappa shape index (κ1) is 20.2. The van der Waals surface area contributed by atoms with E-state index in [9.17, 15) is 5.11 Å². The third kappa shape index (κ3) is 3.72. The Labute approximate surface area is 192 Å². The highest BCUT2D eigenvalue weighted by molar-refractivity contribution is 7.15. The van der Waals surface area contributed by atoms with Gasteiger partial charge in [0.2, 0.25) is 5.13 Å². The van der Waals surface area contributed by atoms with Crippen molar-refractivity contribution in [1.82, 2.24) is 14.4 Å². The lowest BCUT2D eigenvalue weighted by molar-refractivity contribution is 0.412. The molecule has 9 heteroatoms. The number of rotatable bonds is 6. The van der Waals surface area contributed by atoms with Gasteiger partial charge in [-0.3, -0.25) is 9.83 Å². The van der Waals surface area contributed by atoms with Gasteiger partial charge in [-0.15, -0.1) is 22.7 Å². The van der Waals surface area contributed by atoms with Crippen molar-refractivity contribution in [1.29, 1.82) is 0 Å². The van der Waals surface area contributed by atoms with Gasteiger partial charge in [-0.2, -0.15) is 5.10 Å². The molecule has 0 amide bonds. The van der Waals surface area contributed by atoms with Crippen LogP contribution < -0.4 is 10.2 Å². The molecule has 0 aliphatic heterocycles. The highest BCUT2D eigenvalue weighted by atomic mass is 32.1. The fraction of sp³-hybridized carbons (Fsp3) is 0.0870. The molecule has 0 aliphatic carbocycles. The smallest absolute Gasteiger partial charge is 0.203 e. The summed E-state index contributed by atoms with van der Waals surface area (Å²) in [5.41, 5.74) is 8.18. The number of aryl methyl sites for hydroxylation is 1. The number of anilines is 1. The number of thiazole rings is 2. The van der Waals surface area contributed by atoms with Crippen LogP contribution in [0.25, 0.3) is 27.5 Å². The Morgan fingerprint density at radius 1 is 1.09 bits per heavy atom. The van der Waals surface area contributed by atoms with Gasteiger partial charge in [-0.1, -0.05) is 30.3 Å². The molecule has 0 radical (unpaired) electrons. The minimum atomic E-state index is 0.147. The predicted octanol–water partition coefficient (Wildman–Crippen LogP) is 5.65. The first-order valence-electron chi connectivity index (χ1n) is 9.78. The van der Waals surface area contributed by atoms with Gasteiger partial charge >= 0.3 is 0 Å². The van der Waals surface area contributed by atoms with Gasteiger partial charge in [0.05, 0.1) is 30.4 Å². The van der Waals surface area contributed by atoms with E-state index in [0.717, 1.165) is 27.6 Å². The van der Waals surface area contributed by atoms with E-state index in [0.29, 0.717) is 22.1 Å². The molecule has 3 aromatic heterocycles. The van der Waals surface area contributed by atoms with E-state index in [1.807, 2.05) is 35.7 Å². The number of ether oxygens (including phenoxy) is 1. The van der Waals surface area contributed by atoms with Gasteiger partial charge in [-0.05, 0) is 25.1 Å². The van der Waals surface area contributed by atoms with Crippen molar-refractivity contribution >= 4 is 39.0 Å². The number of methoxy groups -OCH3 is 1. The number of hydrogen-bond acceptors (Lipinski definition) is 8. The number of imidazole rings is 1. The number of nitrogens with zero attached hydrogens (tertiary/aromatic N) is 4. The highest BCUT2D eigenvalue weighted by Crippen LogP contribution is 2.34. The van der Waals surface area contributed by atoms with Gasteiger partial charge in [0.15, 0.2) is 4.96 Å². The summed E-state index contributed by atoms with van der Waals surface area (Å²) in [4.78, 5) is 10.3. The van der Waals surface area contributed by atoms with Crippen molar-refractivity contribution in [2.24, 2.45) is 5.10 Å². The standard InChI is InChI=1S/C23H19N5O2S2/c1-14-12-32-23-26-21(15-6-4-3-5-7-15)19(28(14)23)11-24-27-22-25-18(13-31-22)17-10-16(30-2)8-9-20(17)29/h3-13,29H,1-2H3,(H,25,27)/b24-11+. The SMILES string of the molecule is COc1ccc(O)c(-c2csc(N/N=C/c3c(-c4ccccc4)nc4scc(C)n34)n2)c1. The lowest BCUT2D eigenvalue weighted by atomic mass is 10.1. The first-order chi connectivity index (χ1) is 15.6. The molecule has 3 heterocycles. The third-order valence-corrected chi connectivity index (χ3v) is 6.64. The molecule has 0 atom stereocenters. The molecule has 7 nitrogen and oxygen atoms in total. The quantitative estimate of drug-likeness (QED) is 0.252. The maximum atomic E-state index is 10.2. The van der Waals surface area contributed by atoms with Crippen molar-refractivity contribution in [2.75, 3.05) is 12.5 Å². The summed E-state index contributed by atoms with van der Waals surface area (Å²) in [6.07, 6.45) is 1.77. The van der Waals surface area contributed by atoms with Crippen molar-refractivity contribution in [2.45, 2.75) is 6.92 Å². The number of aromatic hydroxyl groups is 1. The van der Waals surface area contributed by atoms with Gasteiger partial charge in [0, 0.05) is 27.6 Å². The van der Waals surface area contributed by atoms with E-state index >= 15 is 0 Å². The maximum Gasteiger partial charge on any atom is 0.203 e. The second-order valence-electron chi connectivity index (χ2n) is 7.00. The molecule has 32 heavy (non-hydrogen) atoms. The predicted molar refractivity (Wildman–Crippen MR) is 130 cm³/mol. The van der Waals surface area contributed by atoms with Crippen LogP contribution in [-0.2, 0) is 0 Å². The van der Waals surface area contributed by atoms with Gasteiger partial charge in [-0.25, -0.2) is 9.97 Å². The van der Waals surface area contributed by atoms with E-state index < -0.39 is 0 Å². The molecular weight excluding hydrogens is 442 g/mol. The van der Waals surface area contributed by atoms with Crippen LogP contribution >= 0.6 is 22.7 Å². The van der Waals surface area contributed by atoms with E-state index in [-0.39, 0.29) is 5.75 Å². The summed E-state index contributed by atoms with van der Waals surface area (Å²) in [5, 5.41) is 19.2. The zero-order chi connectivity index (χ0) is 22.1. The zero-order valence-corrected chi connectivity index (χ0v) is 18.9. The van der Waals surface area contributed by atoms with Crippen LogP contribution in [0.15, 0.2) is 64.4 Å². The molecule has 0 aliphatic rings. The average Bonchev–Trinajstić information content (AvgIpc) is 3.52. The van der Waals surface area contributed by atoms with Gasteiger partial charge in [0.1, 0.15) is 11.5 Å². The normalized spacial score (nSPS) is 11.4. The van der Waals surface area contributed by atoms with E-state index in [2.05, 4.69) is 32.2 Å². The van der Waals surface area contributed by atoms with Crippen LogP contribution in [0, 0.1) is 6.92 Å². The molecule has 0 unspecified atom stereocenters. The first-order valence-corrected chi connectivity index (χ1v) is 11.5. The Kier molecular flexibility index (Phi) is 5.34. The monoisotopic (exact) mass is 461 g/mol. The third-order valence-electron chi connectivity index (χ3n) is 4.95. The summed E-state index contributed by atoms with van der Waals surface area (Å²) < 4.78 is 7.35. The maximum absolute atomic E-state index is 10.2. The number of nitrogens with one attached hydrogen (secondary N) is 1. The fourth-order valence-electron chi connectivity index (χ4n) is 3.39. The number of phenols is 1. The number of fused-ring (bicyclic) bond motifs is 1. The number of hydrogen-bond donors (Lipinski definition) is 2. The van der Waals surface area contributed by atoms with Gasteiger partial charge in [0.25, 0.3) is 0 Å². The average molecular weight is 462 g/mol. The van der Waals surface area contributed by atoms with Crippen LogP contribution in [0.5, 0.6) is 11.5 Å². The largest absolute Gasteiger partial charge is 0.507 e. The topological polar surface area (TPSA) is 84.0 Å². The van der Waals surface area contributed by atoms with Crippen molar-refractivity contribution in [3.8, 4) is 34.0 Å². The molecule has 5 rings (SSSR count). The molecule has 160 valence electrons. The summed E-state index contributed by atoms with van der Waals surface area (Å²) in [6, 6.07) is 15.1. The Hall–Kier alpha value is -3.69. The molecule has 2 N–H and O–H groups in total. The van der Waals surface area contributed by atoms with Gasteiger partial charge < -0.3 is 9.84 Å². The van der Waals surface area contributed by atoms with Crippen molar-refractivity contribution in [3.05, 3.63) is 70.7 Å². The number of phenolic OH excluding ortho intramolecular Hbond substituents is 1. The summed E-state index contributed by atoms with van der Waals surface area (Å²) in [6.45, 7) is 2.05. The van der Waals surface area contributed by atoms with Crippen molar-refractivity contribution in [3.63, 3.8) is 0 Å². The van der Waals surface area contributed by atoms with Crippen molar-refractivity contribution < 1.29 is 9.84 Å². The summed E-state index contributed by atoms with van der Waals surface area (Å²) in [5.74, 6) is 0.802. The Morgan fingerprint density at radius 2 is 1.94 bits per heavy atom. The van der Waals surface area contributed by atoms with Crippen LogP contribution in [0.1, 0.15) is 11.4 Å². The molecule has 0 saturated carbocycles. The zero-order valence-electron chi connectivity index (χ0n) is 17.3. The molecule has 0 bridgehead atoms.